The van der Waals surface area contributed by atoms with Crippen LogP contribution < -0.4 is 20.9 Å². The maximum Gasteiger partial charge on any atom is 0.323 e. The first kappa shape index (κ1) is 14.3. The van der Waals surface area contributed by atoms with E-state index in [9.17, 15) is 0 Å². The van der Waals surface area contributed by atoms with Crippen LogP contribution in [0.5, 0.6) is 6.01 Å². The van der Waals surface area contributed by atoms with Gasteiger partial charge < -0.3 is 9.64 Å². The Hall–Kier alpha value is -1.67. The molecule has 3 heterocycles. The summed E-state index contributed by atoms with van der Waals surface area (Å²) in [4.78, 5) is 17.4. The molecular formula is C13H23N7O. The highest BCUT2D eigenvalue weighted by molar-refractivity contribution is 5.38. The lowest BCUT2D eigenvalue weighted by atomic mass is 10.4. The van der Waals surface area contributed by atoms with Crippen LogP contribution in [0.1, 0.15) is 25.7 Å². The molecule has 0 radical (unpaired) electrons. The van der Waals surface area contributed by atoms with Crippen molar-refractivity contribution in [3.05, 3.63) is 0 Å². The zero-order valence-corrected chi connectivity index (χ0v) is 12.3. The van der Waals surface area contributed by atoms with Gasteiger partial charge in [-0.15, -0.1) is 0 Å². The van der Waals surface area contributed by atoms with Gasteiger partial charge in [-0.25, -0.2) is 5.84 Å². The van der Waals surface area contributed by atoms with E-state index in [0.29, 0.717) is 24.5 Å². The van der Waals surface area contributed by atoms with Crippen molar-refractivity contribution in [2.75, 3.05) is 49.7 Å². The maximum atomic E-state index is 5.68. The summed E-state index contributed by atoms with van der Waals surface area (Å²) < 4.78 is 5.68. The number of nitrogens with one attached hydrogen (secondary N) is 1. The van der Waals surface area contributed by atoms with Crippen LogP contribution >= 0.6 is 0 Å². The Kier molecular flexibility index (Phi) is 4.66. The van der Waals surface area contributed by atoms with Crippen molar-refractivity contribution in [1.29, 1.82) is 0 Å². The normalized spacial score (nSPS) is 19.2. The molecule has 0 amide bonds. The number of nitrogens with two attached hydrogens (primary N) is 1. The molecule has 3 rings (SSSR count). The van der Waals surface area contributed by atoms with Crippen molar-refractivity contribution < 1.29 is 4.74 Å². The van der Waals surface area contributed by atoms with Gasteiger partial charge in [0.15, 0.2) is 0 Å². The smallest absolute Gasteiger partial charge is 0.323 e. The van der Waals surface area contributed by atoms with E-state index in [2.05, 4.69) is 30.2 Å². The SMILES string of the molecule is NNc1nc(OCCN2CCCC2)nc(N2CCCC2)n1. The second-order valence-corrected chi connectivity index (χ2v) is 5.48. The lowest BCUT2D eigenvalue weighted by Gasteiger charge is -2.17. The summed E-state index contributed by atoms with van der Waals surface area (Å²) in [6.45, 7) is 5.77. The van der Waals surface area contributed by atoms with Gasteiger partial charge in [-0.3, -0.25) is 10.3 Å². The Labute approximate surface area is 124 Å². The Balaban J connectivity index is 1.61. The van der Waals surface area contributed by atoms with Crippen LogP contribution in [-0.2, 0) is 0 Å². The largest absolute Gasteiger partial charge is 0.462 e. The highest BCUT2D eigenvalue weighted by Gasteiger charge is 2.18. The molecule has 0 unspecified atom stereocenters. The summed E-state index contributed by atoms with van der Waals surface area (Å²) >= 11 is 0. The summed E-state index contributed by atoms with van der Waals surface area (Å²) in [5.74, 6) is 6.42. The fourth-order valence-corrected chi connectivity index (χ4v) is 2.81. The third-order valence-electron chi connectivity index (χ3n) is 3.96. The number of anilines is 2. The second kappa shape index (κ2) is 6.86. The minimum atomic E-state index is 0.346. The molecule has 2 aliphatic rings. The number of hydrogen-bond acceptors (Lipinski definition) is 8. The van der Waals surface area contributed by atoms with E-state index >= 15 is 0 Å². The molecule has 0 aromatic carbocycles. The number of nitrogens with zero attached hydrogens (tertiary/aromatic N) is 5. The monoisotopic (exact) mass is 293 g/mol. The first-order valence-electron chi connectivity index (χ1n) is 7.68. The molecule has 21 heavy (non-hydrogen) atoms. The molecule has 0 spiro atoms. The molecule has 8 heteroatoms. The predicted molar refractivity (Wildman–Crippen MR) is 80.3 cm³/mol. The summed E-state index contributed by atoms with van der Waals surface area (Å²) in [7, 11) is 0. The van der Waals surface area contributed by atoms with E-state index in [4.69, 9.17) is 10.6 Å². The van der Waals surface area contributed by atoms with Crippen LogP contribution in [0.4, 0.5) is 11.9 Å². The van der Waals surface area contributed by atoms with E-state index in [-0.39, 0.29) is 0 Å². The number of ether oxygens (including phenoxy) is 1. The molecule has 2 aliphatic heterocycles. The molecule has 1 aromatic heterocycles. The van der Waals surface area contributed by atoms with Gasteiger partial charge in [-0.2, -0.15) is 15.0 Å². The number of nitrogen functional groups attached to an aromatic ring is 1. The Morgan fingerprint density at radius 1 is 1.00 bits per heavy atom. The van der Waals surface area contributed by atoms with Crippen LogP contribution in [0.2, 0.25) is 0 Å². The number of hydrazine groups is 1. The fourth-order valence-electron chi connectivity index (χ4n) is 2.81. The van der Waals surface area contributed by atoms with Crippen LogP contribution in [0.25, 0.3) is 0 Å². The first-order valence-corrected chi connectivity index (χ1v) is 7.68. The van der Waals surface area contributed by atoms with Crippen molar-refractivity contribution in [3.8, 4) is 6.01 Å². The molecular weight excluding hydrogens is 270 g/mol. The van der Waals surface area contributed by atoms with Crippen LogP contribution in [0, 0.1) is 0 Å². The van der Waals surface area contributed by atoms with Gasteiger partial charge in [0.1, 0.15) is 6.61 Å². The van der Waals surface area contributed by atoms with E-state index < -0.39 is 0 Å². The maximum absolute atomic E-state index is 5.68. The number of rotatable bonds is 6. The highest BCUT2D eigenvalue weighted by atomic mass is 16.5. The zero-order chi connectivity index (χ0) is 14.5. The number of hydrogen-bond donors (Lipinski definition) is 2. The standard InChI is InChI=1S/C13H23N7O/c14-18-11-15-12(20-7-3-4-8-20)17-13(16-11)21-10-9-19-5-1-2-6-19/h1-10,14H2,(H,15,16,17,18). The van der Waals surface area contributed by atoms with Crippen LogP contribution in [-0.4, -0.2) is 59.2 Å². The summed E-state index contributed by atoms with van der Waals surface area (Å²) in [5.41, 5.74) is 2.48. The molecule has 0 atom stereocenters. The van der Waals surface area contributed by atoms with Crippen molar-refractivity contribution in [3.63, 3.8) is 0 Å². The van der Waals surface area contributed by atoms with Crippen molar-refractivity contribution in [1.82, 2.24) is 19.9 Å². The molecule has 0 saturated carbocycles. The van der Waals surface area contributed by atoms with E-state index in [1.165, 1.54) is 25.7 Å². The average Bonchev–Trinajstić information content (AvgIpc) is 3.20. The Morgan fingerprint density at radius 2 is 1.71 bits per heavy atom. The minimum Gasteiger partial charge on any atom is -0.462 e. The van der Waals surface area contributed by atoms with Gasteiger partial charge in [0.25, 0.3) is 0 Å². The second-order valence-electron chi connectivity index (χ2n) is 5.48. The van der Waals surface area contributed by atoms with Crippen molar-refractivity contribution in [2.24, 2.45) is 5.84 Å². The molecule has 0 bridgehead atoms. The first-order chi connectivity index (χ1) is 10.3. The average molecular weight is 293 g/mol. The van der Waals surface area contributed by atoms with Gasteiger partial charge >= 0.3 is 6.01 Å². The summed E-state index contributed by atoms with van der Waals surface area (Å²) in [5, 5.41) is 0. The molecule has 1 aromatic rings. The zero-order valence-electron chi connectivity index (χ0n) is 12.3. The third kappa shape index (κ3) is 3.70. The molecule has 0 aliphatic carbocycles. The van der Waals surface area contributed by atoms with Crippen LogP contribution in [0.3, 0.4) is 0 Å². The van der Waals surface area contributed by atoms with Gasteiger partial charge in [0, 0.05) is 19.6 Å². The molecule has 3 N–H and O–H groups in total. The van der Waals surface area contributed by atoms with Gasteiger partial charge in [-0.1, -0.05) is 0 Å². The van der Waals surface area contributed by atoms with Gasteiger partial charge in [0.2, 0.25) is 11.9 Å². The summed E-state index contributed by atoms with van der Waals surface area (Å²) in [6.07, 6.45) is 4.91. The molecule has 8 nitrogen and oxygen atoms in total. The van der Waals surface area contributed by atoms with Gasteiger partial charge in [0.05, 0.1) is 0 Å². The Morgan fingerprint density at radius 3 is 2.43 bits per heavy atom. The van der Waals surface area contributed by atoms with E-state index in [0.717, 1.165) is 32.7 Å². The van der Waals surface area contributed by atoms with Gasteiger partial charge in [-0.05, 0) is 38.8 Å². The number of likely N-dealkylation sites (tertiary alicyclic amines) is 1. The molecule has 2 saturated heterocycles. The molecule has 2 fully saturated rings. The minimum absolute atomic E-state index is 0.346. The topological polar surface area (TPSA) is 92.4 Å². The van der Waals surface area contributed by atoms with E-state index in [1.54, 1.807) is 0 Å². The number of aromatic nitrogens is 3. The molecule has 116 valence electrons. The van der Waals surface area contributed by atoms with Crippen molar-refractivity contribution >= 4 is 11.9 Å². The summed E-state index contributed by atoms with van der Waals surface area (Å²) in [6, 6.07) is 0.346. The highest BCUT2D eigenvalue weighted by Crippen LogP contribution is 2.19. The Bertz CT molecular complexity index is 458. The van der Waals surface area contributed by atoms with Crippen molar-refractivity contribution in [2.45, 2.75) is 25.7 Å². The third-order valence-corrected chi connectivity index (χ3v) is 3.96. The predicted octanol–water partition coefficient (Wildman–Crippen LogP) is 0.232. The van der Waals surface area contributed by atoms with E-state index in [1.807, 2.05) is 0 Å². The quantitative estimate of drug-likeness (QED) is 0.569. The lowest BCUT2D eigenvalue weighted by molar-refractivity contribution is 0.225. The fraction of sp³-hybridized carbons (Fsp3) is 0.769. The van der Waals surface area contributed by atoms with Crippen LogP contribution in [0.15, 0.2) is 0 Å². The lowest BCUT2D eigenvalue weighted by Crippen LogP contribution is -2.26.